The number of oxazole rings is 1. The predicted octanol–water partition coefficient (Wildman–Crippen LogP) is 4.41. The van der Waals surface area contributed by atoms with Gasteiger partial charge in [-0.1, -0.05) is 29.8 Å². The van der Waals surface area contributed by atoms with E-state index in [0.29, 0.717) is 28.1 Å². The van der Waals surface area contributed by atoms with Crippen LogP contribution >= 0.6 is 11.6 Å². The van der Waals surface area contributed by atoms with E-state index in [4.69, 9.17) is 16.0 Å². The predicted molar refractivity (Wildman–Crippen MR) is 93.7 cm³/mol. The van der Waals surface area contributed by atoms with Crippen molar-refractivity contribution >= 4 is 27.3 Å². The van der Waals surface area contributed by atoms with Gasteiger partial charge < -0.3 is 4.42 Å². The summed E-state index contributed by atoms with van der Waals surface area (Å²) >= 11 is 5.87. The molecule has 0 saturated heterocycles. The Morgan fingerprint density at radius 1 is 1.08 bits per heavy atom. The van der Waals surface area contributed by atoms with Crippen LogP contribution in [0.25, 0.3) is 11.3 Å². The van der Waals surface area contributed by atoms with E-state index >= 15 is 0 Å². The second kappa shape index (κ2) is 6.30. The highest BCUT2D eigenvalue weighted by molar-refractivity contribution is 7.92. The van der Waals surface area contributed by atoms with Crippen molar-refractivity contribution in [2.24, 2.45) is 0 Å². The van der Waals surface area contributed by atoms with Crippen LogP contribution in [0.2, 0.25) is 5.02 Å². The molecule has 0 radical (unpaired) electrons. The fraction of sp³-hybridized carbons (Fsp3) is 0.118. The van der Waals surface area contributed by atoms with Crippen molar-refractivity contribution in [1.29, 1.82) is 0 Å². The Morgan fingerprint density at radius 2 is 1.79 bits per heavy atom. The zero-order chi connectivity index (χ0) is 17.3. The number of nitrogens with one attached hydrogen (secondary N) is 1. The minimum atomic E-state index is -3.69. The maximum absolute atomic E-state index is 12.4. The first kappa shape index (κ1) is 16.5. The molecule has 0 aliphatic carbocycles. The molecule has 1 heterocycles. The van der Waals surface area contributed by atoms with E-state index in [1.54, 1.807) is 43.3 Å². The van der Waals surface area contributed by atoms with Crippen molar-refractivity contribution < 1.29 is 12.8 Å². The third-order valence-corrected chi connectivity index (χ3v) is 5.05. The standard InChI is InChI=1S/C17H15ClN2O3S/c1-11-17(19-12(2)23-11)13-6-8-16(9-7-13)24(21,22)20-15-5-3-4-14(18)10-15/h3-10,20H,1-2H3. The van der Waals surface area contributed by atoms with Crippen LogP contribution in [0.1, 0.15) is 11.7 Å². The number of hydrogen-bond acceptors (Lipinski definition) is 4. The number of anilines is 1. The van der Waals surface area contributed by atoms with Crippen LogP contribution in [0.5, 0.6) is 0 Å². The van der Waals surface area contributed by atoms with Gasteiger partial charge in [0.25, 0.3) is 10.0 Å². The van der Waals surface area contributed by atoms with Crippen LogP contribution in [0.15, 0.2) is 57.8 Å². The molecule has 0 spiro atoms. The Hall–Kier alpha value is -2.31. The molecule has 0 amide bonds. The number of aryl methyl sites for hydroxylation is 2. The molecule has 0 bridgehead atoms. The zero-order valence-corrected chi connectivity index (χ0v) is 14.6. The minimum Gasteiger partial charge on any atom is -0.446 e. The van der Waals surface area contributed by atoms with Gasteiger partial charge >= 0.3 is 0 Å². The first-order valence-corrected chi connectivity index (χ1v) is 9.04. The molecular formula is C17H15ClN2O3S. The van der Waals surface area contributed by atoms with Crippen LogP contribution < -0.4 is 4.72 Å². The van der Waals surface area contributed by atoms with E-state index in [1.165, 1.54) is 12.1 Å². The second-order valence-electron chi connectivity index (χ2n) is 5.28. The fourth-order valence-electron chi connectivity index (χ4n) is 2.35. The van der Waals surface area contributed by atoms with E-state index in [0.717, 1.165) is 5.56 Å². The fourth-order valence-corrected chi connectivity index (χ4v) is 3.59. The quantitative estimate of drug-likeness (QED) is 0.746. The molecule has 0 aliphatic rings. The molecule has 0 fully saturated rings. The van der Waals surface area contributed by atoms with E-state index in [2.05, 4.69) is 9.71 Å². The van der Waals surface area contributed by atoms with Crippen molar-refractivity contribution in [2.75, 3.05) is 4.72 Å². The Kier molecular flexibility index (Phi) is 4.34. The van der Waals surface area contributed by atoms with Crippen molar-refractivity contribution in [2.45, 2.75) is 18.7 Å². The summed E-state index contributed by atoms with van der Waals surface area (Å²) in [6.07, 6.45) is 0. The molecule has 3 rings (SSSR count). The molecule has 7 heteroatoms. The lowest BCUT2D eigenvalue weighted by Gasteiger charge is -2.09. The molecule has 0 aliphatic heterocycles. The number of rotatable bonds is 4. The smallest absolute Gasteiger partial charge is 0.261 e. The van der Waals surface area contributed by atoms with Crippen LogP contribution in [-0.4, -0.2) is 13.4 Å². The maximum atomic E-state index is 12.4. The third-order valence-electron chi connectivity index (χ3n) is 3.42. The monoisotopic (exact) mass is 362 g/mol. The van der Waals surface area contributed by atoms with Gasteiger partial charge in [-0.3, -0.25) is 4.72 Å². The molecule has 3 aromatic rings. The second-order valence-corrected chi connectivity index (χ2v) is 7.40. The zero-order valence-electron chi connectivity index (χ0n) is 13.1. The summed E-state index contributed by atoms with van der Waals surface area (Å²) in [5, 5.41) is 0.461. The lowest BCUT2D eigenvalue weighted by molar-refractivity contribution is 0.495. The first-order valence-electron chi connectivity index (χ1n) is 7.18. The van der Waals surface area contributed by atoms with Crippen LogP contribution in [0.4, 0.5) is 5.69 Å². The van der Waals surface area contributed by atoms with Crippen molar-refractivity contribution in [1.82, 2.24) is 4.98 Å². The topological polar surface area (TPSA) is 72.2 Å². The Morgan fingerprint density at radius 3 is 2.38 bits per heavy atom. The van der Waals surface area contributed by atoms with Gasteiger partial charge in [0.2, 0.25) is 0 Å². The Labute approximate surface area is 145 Å². The largest absolute Gasteiger partial charge is 0.446 e. The summed E-state index contributed by atoms with van der Waals surface area (Å²) in [6.45, 7) is 3.59. The number of halogens is 1. The summed E-state index contributed by atoms with van der Waals surface area (Å²) in [4.78, 5) is 4.46. The lowest BCUT2D eigenvalue weighted by Crippen LogP contribution is -2.12. The van der Waals surface area contributed by atoms with Crippen LogP contribution in [-0.2, 0) is 10.0 Å². The molecule has 5 nitrogen and oxygen atoms in total. The molecule has 0 unspecified atom stereocenters. The van der Waals surface area contributed by atoms with E-state index < -0.39 is 10.0 Å². The van der Waals surface area contributed by atoms with Gasteiger partial charge in [0.15, 0.2) is 5.89 Å². The molecule has 0 atom stereocenters. The number of benzene rings is 2. The minimum absolute atomic E-state index is 0.157. The average molecular weight is 363 g/mol. The molecule has 1 N–H and O–H groups in total. The highest BCUT2D eigenvalue weighted by Crippen LogP contribution is 2.25. The number of hydrogen-bond donors (Lipinski definition) is 1. The molecule has 2 aromatic carbocycles. The highest BCUT2D eigenvalue weighted by atomic mass is 35.5. The first-order chi connectivity index (χ1) is 11.3. The summed E-state index contributed by atoms with van der Waals surface area (Å²) in [5.41, 5.74) is 1.92. The SMILES string of the molecule is Cc1nc(-c2ccc(S(=O)(=O)Nc3cccc(Cl)c3)cc2)c(C)o1. The van der Waals surface area contributed by atoms with Gasteiger partial charge in [-0.05, 0) is 37.3 Å². The van der Waals surface area contributed by atoms with Crippen molar-refractivity contribution in [3.05, 3.63) is 65.2 Å². The van der Waals surface area contributed by atoms with Gasteiger partial charge in [-0.2, -0.15) is 0 Å². The van der Waals surface area contributed by atoms with E-state index in [9.17, 15) is 8.42 Å². The van der Waals surface area contributed by atoms with E-state index in [-0.39, 0.29) is 4.90 Å². The van der Waals surface area contributed by atoms with Crippen molar-refractivity contribution in [3.8, 4) is 11.3 Å². The summed E-state index contributed by atoms with van der Waals surface area (Å²) < 4.78 is 32.8. The lowest BCUT2D eigenvalue weighted by atomic mass is 10.1. The normalized spacial score (nSPS) is 11.5. The average Bonchev–Trinajstić information content (AvgIpc) is 2.85. The van der Waals surface area contributed by atoms with Crippen LogP contribution in [0, 0.1) is 13.8 Å². The maximum Gasteiger partial charge on any atom is 0.261 e. The molecule has 0 saturated carbocycles. The van der Waals surface area contributed by atoms with Crippen molar-refractivity contribution in [3.63, 3.8) is 0 Å². The Balaban J connectivity index is 1.88. The van der Waals surface area contributed by atoms with Gasteiger partial charge in [0.1, 0.15) is 11.5 Å². The molecule has 1 aromatic heterocycles. The van der Waals surface area contributed by atoms with Gasteiger partial charge in [-0.25, -0.2) is 13.4 Å². The summed E-state index contributed by atoms with van der Waals surface area (Å²) in [7, 11) is -3.69. The van der Waals surface area contributed by atoms with E-state index in [1.807, 2.05) is 6.92 Å². The third kappa shape index (κ3) is 3.44. The Bertz CT molecular complexity index is 979. The molecule has 24 heavy (non-hydrogen) atoms. The molecule has 124 valence electrons. The highest BCUT2D eigenvalue weighted by Gasteiger charge is 2.16. The number of nitrogens with zero attached hydrogens (tertiary/aromatic N) is 1. The van der Waals surface area contributed by atoms with Crippen LogP contribution in [0.3, 0.4) is 0 Å². The number of aromatic nitrogens is 1. The summed E-state index contributed by atoms with van der Waals surface area (Å²) in [6, 6.07) is 13.0. The van der Waals surface area contributed by atoms with Gasteiger partial charge in [0.05, 0.1) is 10.6 Å². The summed E-state index contributed by atoms with van der Waals surface area (Å²) in [5.74, 6) is 1.27. The number of sulfonamides is 1. The van der Waals surface area contributed by atoms with Gasteiger partial charge in [0, 0.05) is 17.5 Å². The van der Waals surface area contributed by atoms with Gasteiger partial charge in [-0.15, -0.1) is 0 Å². The molecular weight excluding hydrogens is 348 g/mol.